The minimum atomic E-state index is -3.22. The largest absolute Gasteiger partial charge is 0.371 e. The van der Waals surface area contributed by atoms with Gasteiger partial charge in [0.05, 0.1) is 25.6 Å². The summed E-state index contributed by atoms with van der Waals surface area (Å²) in [6, 6.07) is 17.8. The van der Waals surface area contributed by atoms with Crippen molar-refractivity contribution < 1.29 is 17.9 Å². The Morgan fingerprint density at radius 2 is 1.72 bits per heavy atom. The molecule has 1 aliphatic heterocycles. The van der Waals surface area contributed by atoms with Gasteiger partial charge in [0.15, 0.2) is 0 Å². The van der Waals surface area contributed by atoms with Gasteiger partial charge in [0.25, 0.3) is 0 Å². The van der Waals surface area contributed by atoms with Gasteiger partial charge in [0.2, 0.25) is 10.0 Å². The van der Waals surface area contributed by atoms with E-state index in [1.165, 1.54) is 6.26 Å². The molecular formula is C21H29ClN2O4S. The molecule has 0 spiro atoms. The van der Waals surface area contributed by atoms with Gasteiger partial charge in [-0.1, -0.05) is 54.6 Å². The van der Waals surface area contributed by atoms with Gasteiger partial charge in [-0.25, -0.2) is 13.1 Å². The van der Waals surface area contributed by atoms with Crippen LogP contribution >= 0.6 is 12.4 Å². The Kier molecular flexibility index (Phi) is 9.07. The molecule has 1 fully saturated rings. The van der Waals surface area contributed by atoms with Crippen molar-refractivity contribution in [2.45, 2.75) is 31.7 Å². The van der Waals surface area contributed by atoms with Gasteiger partial charge in [0, 0.05) is 19.1 Å². The number of hydrogen-bond acceptors (Lipinski definition) is 5. The summed E-state index contributed by atoms with van der Waals surface area (Å²) in [7, 11) is -3.22. The van der Waals surface area contributed by atoms with E-state index < -0.39 is 10.0 Å². The molecule has 160 valence electrons. The fourth-order valence-electron chi connectivity index (χ4n) is 3.21. The number of ether oxygens (including phenoxy) is 2. The van der Waals surface area contributed by atoms with Gasteiger partial charge < -0.3 is 14.8 Å². The topological polar surface area (TPSA) is 76.7 Å². The van der Waals surface area contributed by atoms with Crippen LogP contribution in [0.2, 0.25) is 0 Å². The van der Waals surface area contributed by atoms with Crippen LogP contribution in [0.15, 0.2) is 54.6 Å². The lowest BCUT2D eigenvalue weighted by Crippen LogP contribution is -2.38. The standard InChI is InChI=1S/C21H28N2O4S.ClH/c1-16(23-28(2,24)25)18-10-8-17(9-11-18)12-22-13-20-14-27-21(15-26-20)19-6-4-3-5-7-19;/h3-11,16,20-23H,12-15H2,1-2H3;1H/t16-,20-,21-;/m1./s1. The van der Waals surface area contributed by atoms with E-state index in [2.05, 4.69) is 22.2 Å². The van der Waals surface area contributed by atoms with Crippen molar-refractivity contribution in [3.63, 3.8) is 0 Å². The van der Waals surface area contributed by atoms with E-state index in [-0.39, 0.29) is 30.7 Å². The highest BCUT2D eigenvalue weighted by Crippen LogP contribution is 2.22. The third-order valence-electron chi connectivity index (χ3n) is 4.71. The maximum atomic E-state index is 11.3. The molecule has 3 rings (SSSR count). The molecule has 1 heterocycles. The lowest BCUT2D eigenvalue weighted by Gasteiger charge is -2.30. The van der Waals surface area contributed by atoms with Crippen molar-refractivity contribution in [2.75, 3.05) is 26.0 Å². The highest BCUT2D eigenvalue weighted by atomic mass is 35.5. The van der Waals surface area contributed by atoms with Gasteiger partial charge >= 0.3 is 0 Å². The number of nitrogens with one attached hydrogen (secondary N) is 2. The molecule has 3 atom stereocenters. The number of sulfonamides is 1. The fraction of sp³-hybridized carbons (Fsp3) is 0.429. The third-order valence-corrected chi connectivity index (χ3v) is 5.49. The van der Waals surface area contributed by atoms with E-state index >= 15 is 0 Å². The average molecular weight is 441 g/mol. The number of benzene rings is 2. The highest BCUT2D eigenvalue weighted by molar-refractivity contribution is 7.88. The molecule has 0 saturated carbocycles. The molecule has 2 aromatic carbocycles. The summed E-state index contributed by atoms with van der Waals surface area (Å²) in [5.74, 6) is 0. The first-order valence-electron chi connectivity index (χ1n) is 9.46. The van der Waals surface area contributed by atoms with Crippen LogP contribution in [0.4, 0.5) is 0 Å². The summed E-state index contributed by atoms with van der Waals surface area (Å²) < 4.78 is 37.1. The van der Waals surface area contributed by atoms with Gasteiger partial charge in [-0.2, -0.15) is 0 Å². The molecule has 1 saturated heterocycles. The van der Waals surface area contributed by atoms with Crippen molar-refractivity contribution in [3.05, 3.63) is 71.3 Å². The molecule has 0 aliphatic carbocycles. The zero-order valence-electron chi connectivity index (χ0n) is 16.7. The van der Waals surface area contributed by atoms with Crippen LogP contribution in [0.5, 0.6) is 0 Å². The van der Waals surface area contributed by atoms with E-state index in [1.807, 2.05) is 49.4 Å². The number of halogens is 1. The molecule has 0 unspecified atom stereocenters. The molecule has 8 heteroatoms. The van der Waals surface area contributed by atoms with Crippen LogP contribution in [0.1, 0.15) is 35.8 Å². The Hall–Kier alpha value is -1.48. The van der Waals surface area contributed by atoms with Gasteiger partial charge in [-0.05, 0) is 23.6 Å². The Bertz CT molecular complexity index is 839. The van der Waals surface area contributed by atoms with E-state index in [1.54, 1.807) is 0 Å². The molecule has 2 aromatic rings. The van der Waals surface area contributed by atoms with Crippen LogP contribution in [-0.4, -0.2) is 40.5 Å². The van der Waals surface area contributed by atoms with Crippen molar-refractivity contribution in [2.24, 2.45) is 0 Å². The monoisotopic (exact) mass is 440 g/mol. The normalized spacial score (nSPS) is 20.6. The smallest absolute Gasteiger partial charge is 0.209 e. The van der Waals surface area contributed by atoms with Crippen molar-refractivity contribution >= 4 is 22.4 Å². The zero-order valence-corrected chi connectivity index (χ0v) is 18.3. The first-order valence-corrected chi connectivity index (χ1v) is 11.3. The number of rotatable bonds is 8. The zero-order chi connectivity index (χ0) is 20.0. The first-order chi connectivity index (χ1) is 13.4. The lowest BCUT2D eigenvalue weighted by molar-refractivity contribution is -0.133. The van der Waals surface area contributed by atoms with Crippen LogP contribution < -0.4 is 10.0 Å². The molecule has 1 aliphatic rings. The SMILES string of the molecule is C[C@@H](NS(C)(=O)=O)c1ccc(CNC[C@@H]2CO[C@@H](c3ccccc3)CO2)cc1.Cl. The van der Waals surface area contributed by atoms with Crippen molar-refractivity contribution in [1.29, 1.82) is 0 Å². The van der Waals surface area contributed by atoms with E-state index in [0.29, 0.717) is 13.2 Å². The highest BCUT2D eigenvalue weighted by Gasteiger charge is 2.23. The maximum Gasteiger partial charge on any atom is 0.209 e. The van der Waals surface area contributed by atoms with Crippen LogP contribution in [0, 0.1) is 0 Å². The van der Waals surface area contributed by atoms with E-state index in [9.17, 15) is 8.42 Å². The van der Waals surface area contributed by atoms with Crippen LogP contribution in [0.3, 0.4) is 0 Å². The molecule has 0 aromatic heterocycles. The molecule has 29 heavy (non-hydrogen) atoms. The van der Waals surface area contributed by atoms with Gasteiger partial charge in [-0.3, -0.25) is 0 Å². The summed E-state index contributed by atoms with van der Waals surface area (Å²) >= 11 is 0. The quantitative estimate of drug-likeness (QED) is 0.660. The third kappa shape index (κ3) is 7.70. The van der Waals surface area contributed by atoms with Crippen molar-refractivity contribution in [1.82, 2.24) is 10.0 Å². The van der Waals surface area contributed by atoms with E-state index in [4.69, 9.17) is 9.47 Å². The summed E-state index contributed by atoms with van der Waals surface area (Å²) in [5, 5.41) is 3.40. The van der Waals surface area contributed by atoms with Crippen LogP contribution in [0.25, 0.3) is 0 Å². The van der Waals surface area contributed by atoms with Gasteiger partial charge in [-0.15, -0.1) is 12.4 Å². The molecule has 2 N–H and O–H groups in total. The molecule has 0 bridgehead atoms. The Morgan fingerprint density at radius 3 is 2.31 bits per heavy atom. The summed E-state index contributed by atoms with van der Waals surface area (Å²) in [4.78, 5) is 0. The minimum Gasteiger partial charge on any atom is -0.371 e. The molecule has 0 amide bonds. The predicted octanol–water partition coefficient (Wildman–Crippen LogP) is 2.96. The van der Waals surface area contributed by atoms with E-state index in [0.717, 1.165) is 29.8 Å². The lowest BCUT2D eigenvalue weighted by atomic mass is 10.1. The summed E-state index contributed by atoms with van der Waals surface area (Å²) in [5.41, 5.74) is 3.22. The van der Waals surface area contributed by atoms with Crippen LogP contribution in [-0.2, 0) is 26.0 Å². The second-order valence-corrected chi connectivity index (χ2v) is 8.95. The Balaban J connectivity index is 0.00000300. The second kappa shape index (κ2) is 11.1. The fourth-order valence-corrected chi connectivity index (χ4v) is 3.99. The second-order valence-electron chi connectivity index (χ2n) is 7.17. The van der Waals surface area contributed by atoms with Gasteiger partial charge in [0.1, 0.15) is 6.10 Å². The minimum absolute atomic E-state index is 0. The molecule has 0 radical (unpaired) electrons. The maximum absolute atomic E-state index is 11.3. The summed E-state index contributed by atoms with van der Waals surface area (Å²) in [6.07, 6.45) is 1.21. The predicted molar refractivity (Wildman–Crippen MR) is 117 cm³/mol. The number of hydrogen-bond donors (Lipinski definition) is 2. The average Bonchev–Trinajstić information content (AvgIpc) is 2.68. The molecular weight excluding hydrogens is 412 g/mol. The van der Waals surface area contributed by atoms with Crippen molar-refractivity contribution in [3.8, 4) is 0 Å². The first kappa shape index (κ1) is 23.8. The summed E-state index contributed by atoms with van der Waals surface area (Å²) in [6.45, 7) is 4.40. The Morgan fingerprint density at radius 1 is 1.03 bits per heavy atom. The molecule has 6 nitrogen and oxygen atoms in total. The Labute approximate surface area is 179 Å².